The number of hydrogen-bond donors (Lipinski definition) is 2. The third-order valence-electron chi connectivity index (χ3n) is 6.31. The molecule has 5 rings (SSSR count). The fourth-order valence-corrected chi connectivity index (χ4v) is 5.37. The van der Waals surface area contributed by atoms with Crippen LogP contribution in [0, 0.1) is 17.7 Å². The number of thiazole rings is 1. The third-order valence-corrected chi connectivity index (χ3v) is 6.89. The van der Waals surface area contributed by atoms with Gasteiger partial charge in [0.1, 0.15) is 17.3 Å². The molecule has 0 aromatic carbocycles. The Kier molecular flexibility index (Phi) is 5.09. The van der Waals surface area contributed by atoms with Gasteiger partial charge < -0.3 is 15.7 Å². The number of hydrogen-bond acceptors (Lipinski definition) is 9. The van der Waals surface area contributed by atoms with Crippen molar-refractivity contribution in [2.75, 3.05) is 4.90 Å². The first-order valence-corrected chi connectivity index (χ1v) is 11.6. The van der Waals surface area contributed by atoms with E-state index in [2.05, 4.69) is 36.6 Å². The van der Waals surface area contributed by atoms with Crippen LogP contribution in [-0.4, -0.2) is 47.7 Å². The third kappa shape index (κ3) is 3.16. The number of nitrogens with one attached hydrogen (secondary N) is 2. The second-order valence-electron chi connectivity index (χ2n) is 8.08. The summed E-state index contributed by atoms with van der Waals surface area (Å²) >= 11 is 1.44. The lowest BCUT2D eigenvalue weighted by Gasteiger charge is -2.41. The summed E-state index contributed by atoms with van der Waals surface area (Å²) in [7, 11) is 0. The molecule has 31 heavy (non-hydrogen) atoms. The van der Waals surface area contributed by atoms with Gasteiger partial charge in [0, 0.05) is 17.6 Å². The van der Waals surface area contributed by atoms with Crippen LogP contribution in [0.15, 0.2) is 17.1 Å². The molecule has 1 aliphatic carbocycles. The van der Waals surface area contributed by atoms with Gasteiger partial charge in [0.25, 0.3) is 0 Å². The average Bonchev–Trinajstić information content (AvgIpc) is 3.55. The molecule has 2 unspecified atom stereocenters. The predicted molar refractivity (Wildman–Crippen MR) is 120 cm³/mol. The zero-order valence-corrected chi connectivity index (χ0v) is 18.4. The molecule has 4 heterocycles. The molecule has 1 fully saturated rings. The second-order valence-corrected chi connectivity index (χ2v) is 8.80. The highest BCUT2D eigenvalue weighted by atomic mass is 32.1. The Morgan fingerprint density at radius 3 is 2.77 bits per heavy atom. The summed E-state index contributed by atoms with van der Waals surface area (Å²) in [5.41, 5.74) is 3.38. The van der Waals surface area contributed by atoms with E-state index in [-0.39, 0.29) is 11.8 Å². The van der Waals surface area contributed by atoms with Gasteiger partial charge in [0.2, 0.25) is 0 Å². The van der Waals surface area contributed by atoms with E-state index in [1.807, 2.05) is 12.3 Å². The fraction of sp³-hybridized carbons (Fsp3) is 0.476. The highest BCUT2D eigenvalue weighted by Crippen LogP contribution is 2.43. The molecule has 2 N–H and O–H groups in total. The van der Waals surface area contributed by atoms with Crippen LogP contribution in [0.2, 0.25) is 0 Å². The maximum absolute atomic E-state index is 8.57. The Labute approximate surface area is 184 Å². The Balaban J connectivity index is 1.65. The molecule has 3 aromatic heterocycles. The molecule has 1 saturated carbocycles. The number of aromatic nitrogens is 6. The zero-order valence-electron chi connectivity index (χ0n) is 17.6. The molecular formula is C21H25N9S. The lowest BCUT2D eigenvalue weighted by atomic mass is 10.0. The van der Waals surface area contributed by atoms with Crippen LogP contribution in [0.3, 0.4) is 0 Å². The molecule has 0 bridgehead atoms. The number of rotatable bonds is 6. The molecule has 0 amide bonds. The normalized spacial score (nSPS) is 19.2. The molecule has 9 nitrogen and oxygen atoms in total. The largest absolute Gasteiger partial charge is 0.342 e. The van der Waals surface area contributed by atoms with Gasteiger partial charge >= 0.3 is 0 Å². The molecule has 3 aromatic rings. The first-order chi connectivity index (χ1) is 15.1. The molecule has 160 valence electrons. The minimum absolute atomic E-state index is 0.0935. The van der Waals surface area contributed by atoms with E-state index in [0.717, 1.165) is 42.4 Å². The summed E-state index contributed by atoms with van der Waals surface area (Å²) < 4.78 is 2.06. The Morgan fingerprint density at radius 1 is 1.29 bits per heavy atom. The summed E-state index contributed by atoms with van der Waals surface area (Å²) in [4.78, 5) is 16.2. The molecule has 0 saturated heterocycles. The van der Waals surface area contributed by atoms with Crippen molar-refractivity contribution in [2.24, 2.45) is 0 Å². The van der Waals surface area contributed by atoms with Crippen molar-refractivity contribution in [3.8, 4) is 5.69 Å². The predicted octanol–water partition coefficient (Wildman–Crippen LogP) is 3.84. The van der Waals surface area contributed by atoms with Gasteiger partial charge in [-0.1, -0.05) is 19.8 Å². The van der Waals surface area contributed by atoms with Crippen molar-refractivity contribution < 1.29 is 0 Å². The van der Waals surface area contributed by atoms with E-state index in [1.54, 1.807) is 11.7 Å². The summed E-state index contributed by atoms with van der Waals surface area (Å²) in [6.07, 6.45) is 8.63. The van der Waals surface area contributed by atoms with Crippen LogP contribution in [0.1, 0.15) is 74.2 Å². The van der Waals surface area contributed by atoms with Gasteiger partial charge in [0.15, 0.2) is 11.6 Å². The van der Waals surface area contributed by atoms with Crippen molar-refractivity contribution in [1.82, 2.24) is 29.7 Å². The quantitative estimate of drug-likeness (QED) is 0.568. The minimum atomic E-state index is -0.638. The van der Waals surface area contributed by atoms with Crippen LogP contribution in [0.25, 0.3) is 5.69 Å². The first kappa shape index (κ1) is 19.9. The van der Waals surface area contributed by atoms with Gasteiger partial charge in [-0.05, 0) is 26.2 Å². The zero-order chi connectivity index (χ0) is 21.5. The van der Waals surface area contributed by atoms with E-state index < -0.39 is 5.92 Å². The summed E-state index contributed by atoms with van der Waals surface area (Å²) in [5.74, 6) is 2.43. The van der Waals surface area contributed by atoms with Crippen LogP contribution in [0.4, 0.5) is 5.82 Å². The van der Waals surface area contributed by atoms with Crippen molar-refractivity contribution >= 4 is 29.1 Å². The maximum atomic E-state index is 8.57. The van der Waals surface area contributed by atoms with E-state index in [0.29, 0.717) is 17.6 Å². The lowest BCUT2D eigenvalue weighted by molar-refractivity contribution is 0.467. The first-order valence-electron chi connectivity index (χ1n) is 10.7. The standard InChI is InChI=1S/C21H25N9S/c1-3-16-21-28-27-12(2)29(21)17-9-24-19(14(8-22)18(23)15-10-31-11-25-15)26-20(17)30(16)13-6-4-5-7-13/h8-11,13-14,16,22-23H,3-7H2,1-2H3. The monoisotopic (exact) mass is 435 g/mol. The maximum Gasteiger partial charge on any atom is 0.160 e. The second kappa shape index (κ2) is 7.92. The molecule has 2 aliphatic rings. The average molecular weight is 436 g/mol. The van der Waals surface area contributed by atoms with Gasteiger partial charge in [-0.2, -0.15) is 0 Å². The molecule has 10 heteroatoms. The molecule has 2 atom stereocenters. The summed E-state index contributed by atoms with van der Waals surface area (Å²) in [6.45, 7) is 4.12. The molecular weight excluding hydrogens is 410 g/mol. The summed E-state index contributed by atoms with van der Waals surface area (Å²) in [6, 6.07) is 0.490. The number of nitrogens with zero attached hydrogens (tertiary/aromatic N) is 7. The van der Waals surface area contributed by atoms with Crippen molar-refractivity contribution in [3.05, 3.63) is 40.3 Å². The Morgan fingerprint density at radius 2 is 2.10 bits per heavy atom. The van der Waals surface area contributed by atoms with Crippen LogP contribution < -0.4 is 4.90 Å². The number of fused-ring (bicyclic) bond motifs is 3. The van der Waals surface area contributed by atoms with E-state index in [1.165, 1.54) is 30.4 Å². The molecule has 0 radical (unpaired) electrons. The van der Waals surface area contributed by atoms with Crippen LogP contribution in [-0.2, 0) is 0 Å². The van der Waals surface area contributed by atoms with Gasteiger partial charge in [-0.15, -0.1) is 21.5 Å². The van der Waals surface area contributed by atoms with Crippen molar-refractivity contribution in [3.63, 3.8) is 0 Å². The topological polar surface area (TPSA) is 120 Å². The van der Waals surface area contributed by atoms with Crippen molar-refractivity contribution in [2.45, 2.75) is 64.0 Å². The van der Waals surface area contributed by atoms with E-state index >= 15 is 0 Å². The van der Waals surface area contributed by atoms with Crippen molar-refractivity contribution in [1.29, 1.82) is 10.8 Å². The van der Waals surface area contributed by atoms with E-state index in [4.69, 9.17) is 15.8 Å². The minimum Gasteiger partial charge on any atom is -0.342 e. The fourth-order valence-electron chi connectivity index (χ4n) is 4.82. The molecule has 0 spiro atoms. The Hall–Kier alpha value is -3.01. The number of aryl methyl sites for hydroxylation is 1. The Bertz CT molecular complexity index is 1110. The van der Waals surface area contributed by atoms with Crippen LogP contribution >= 0.6 is 11.3 Å². The van der Waals surface area contributed by atoms with Crippen LogP contribution in [0.5, 0.6) is 0 Å². The smallest absolute Gasteiger partial charge is 0.160 e. The molecule has 1 aliphatic heterocycles. The SMILES string of the molecule is CCC1c2nnc(C)n2-c2cnc(C(C=N)C(=N)c3cscn3)nc2N1C1CCCC1. The summed E-state index contributed by atoms with van der Waals surface area (Å²) in [5, 5.41) is 27.2. The lowest BCUT2D eigenvalue weighted by Crippen LogP contribution is -2.42. The highest BCUT2D eigenvalue weighted by Gasteiger charge is 2.39. The van der Waals surface area contributed by atoms with Gasteiger partial charge in [-0.25, -0.2) is 15.0 Å². The van der Waals surface area contributed by atoms with E-state index in [9.17, 15) is 0 Å². The van der Waals surface area contributed by atoms with Gasteiger partial charge in [-0.3, -0.25) is 4.57 Å². The highest BCUT2D eigenvalue weighted by molar-refractivity contribution is 7.07. The van der Waals surface area contributed by atoms with Gasteiger partial charge in [0.05, 0.1) is 35.1 Å². The number of anilines is 1.